The van der Waals surface area contributed by atoms with Crippen LogP contribution in [0.15, 0.2) is 29.1 Å². The van der Waals surface area contributed by atoms with Gasteiger partial charge < -0.3 is 9.40 Å². The van der Waals surface area contributed by atoms with Crippen molar-refractivity contribution in [1.29, 1.82) is 0 Å². The number of aromatic nitrogens is 2. The first-order valence-electron chi connectivity index (χ1n) is 4.80. The molecular weight excluding hydrogens is 208 g/mol. The molecule has 0 bridgehead atoms. The molecule has 4 heteroatoms. The maximum Gasteiger partial charge on any atom is 0.130 e. The molecule has 2 heterocycles. The summed E-state index contributed by atoms with van der Waals surface area (Å²) in [6.07, 6.45) is 3.33. The number of nitrogens with one attached hydrogen (secondary N) is 1. The quantitative estimate of drug-likeness (QED) is 0.787. The molecule has 0 saturated carbocycles. The number of hydrogen-bond acceptors (Lipinski definition) is 3. The normalized spacial score (nSPS) is 10.9. The van der Waals surface area contributed by atoms with Crippen LogP contribution in [0.4, 0.5) is 0 Å². The Hall–Kier alpha value is -1.42. The molecular formula is C11H12N2OS. The fourth-order valence-corrected chi connectivity index (χ4v) is 1.54. The summed E-state index contributed by atoms with van der Waals surface area (Å²) in [7, 11) is 0. The van der Waals surface area contributed by atoms with Gasteiger partial charge >= 0.3 is 0 Å². The minimum atomic E-state index is 0.332. The monoisotopic (exact) mass is 220 g/mol. The van der Waals surface area contributed by atoms with E-state index in [9.17, 15) is 0 Å². The van der Waals surface area contributed by atoms with E-state index in [-0.39, 0.29) is 0 Å². The smallest absolute Gasteiger partial charge is 0.130 e. The Morgan fingerprint density at radius 2 is 2.27 bits per heavy atom. The largest absolute Gasteiger partial charge is 0.472 e. The van der Waals surface area contributed by atoms with Gasteiger partial charge in [0, 0.05) is 11.5 Å². The Kier molecular flexibility index (Phi) is 2.68. The molecule has 0 atom stereocenters. The highest BCUT2D eigenvalue weighted by molar-refractivity contribution is 7.71. The highest BCUT2D eigenvalue weighted by atomic mass is 32.1. The van der Waals surface area contributed by atoms with E-state index < -0.39 is 0 Å². The second kappa shape index (κ2) is 3.98. The second-order valence-corrected chi connectivity index (χ2v) is 4.10. The molecule has 2 aromatic heterocycles. The second-order valence-electron chi connectivity index (χ2n) is 3.69. The van der Waals surface area contributed by atoms with Crippen LogP contribution in [0.2, 0.25) is 0 Å². The molecule has 0 spiro atoms. The molecule has 2 rings (SSSR count). The lowest BCUT2D eigenvalue weighted by atomic mass is 10.2. The van der Waals surface area contributed by atoms with Crippen LogP contribution >= 0.6 is 12.2 Å². The first-order valence-corrected chi connectivity index (χ1v) is 5.21. The third-order valence-corrected chi connectivity index (χ3v) is 2.35. The zero-order valence-electron chi connectivity index (χ0n) is 8.65. The zero-order valence-corrected chi connectivity index (χ0v) is 9.47. The fraction of sp³-hybridized carbons (Fsp3) is 0.273. The summed E-state index contributed by atoms with van der Waals surface area (Å²) >= 11 is 5.12. The van der Waals surface area contributed by atoms with Crippen molar-refractivity contribution in [3.63, 3.8) is 0 Å². The molecule has 0 aliphatic carbocycles. The zero-order chi connectivity index (χ0) is 10.8. The predicted octanol–water partition coefficient (Wildman–Crippen LogP) is 3.52. The summed E-state index contributed by atoms with van der Waals surface area (Å²) in [5, 5.41) is 0. The van der Waals surface area contributed by atoms with Gasteiger partial charge in [0.2, 0.25) is 0 Å². The van der Waals surface area contributed by atoms with Crippen LogP contribution < -0.4 is 0 Å². The number of H-pyrrole nitrogens is 1. The van der Waals surface area contributed by atoms with Gasteiger partial charge in [0.25, 0.3) is 0 Å². The van der Waals surface area contributed by atoms with Crippen molar-refractivity contribution in [2.45, 2.75) is 19.8 Å². The molecule has 1 N–H and O–H groups in total. The van der Waals surface area contributed by atoms with Gasteiger partial charge in [-0.2, -0.15) is 0 Å². The molecule has 2 aromatic rings. The SMILES string of the molecule is CC(C)c1nc(=S)cc(-c2ccoc2)[nH]1. The first-order chi connectivity index (χ1) is 7.16. The first kappa shape index (κ1) is 10.1. The van der Waals surface area contributed by atoms with Gasteiger partial charge in [0.15, 0.2) is 0 Å². The van der Waals surface area contributed by atoms with Gasteiger partial charge in [-0.3, -0.25) is 0 Å². The van der Waals surface area contributed by atoms with Crippen molar-refractivity contribution < 1.29 is 4.42 Å². The van der Waals surface area contributed by atoms with Crippen LogP contribution in [0.5, 0.6) is 0 Å². The van der Waals surface area contributed by atoms with Crippen LogP contribution in [0.3, 0.4) is 0 Å². The van der Waals surface area contributed by atoms with Gasteiger partial charge in [0.05, 0.1) is 18.2 Å². The molecule has 0 saturated heterocycles. The van der Waals surface area contributed by atoms with Crippen molar-refractivity contribution in [1.82, 2.24) is 9.97 Å². The third kappa shape index (κ3) is 2.15. The molecule has 0 aromatic carbocycles. The summed E-state index contributed by atoms with van der Waals surface area (Å²) in [5.74, 6) is 1.23. The summed E-state index contributed by atoms with van der Waals surface area (Å²) in [4.78, 5) is 7.52. The lowest BCUT2D eigenvalue weighted by Crippen LogP contribution is -1.98. The van der Waals surface area contributed by atoms with E-state index in [1.165, 1.54) is 0 Å². The van der Waals surface area contributed by atoms with Crippen molar-refractivity contribution >= 4 is 12.2 Å². The average molecular weight is 220 g/mol. The molecule has 0 unspecified atom stereocenters. The number of furan rings is 1. The maximum atomic E-state index is 5.12. The van der Waals surface area contributed by atoms with Gasteiger partial charge in [-0.05, 0) is 12.1 Å². The summed E-state index contributed by atoms with van der Waals surface area (Å²) in [6, 6.07) is 3.73. The Bertz CT molecular complexity index is 500. The van der Waals surface area contributed by atoms with Crippen LogP contribution in [0, 0.1) is 4.64 Å². The van der Waals surface area contributed by atoms with Gasteiger partial charge in [-0.1, -0.05) is 26.1 Å². The van der Waals surface area contributed by atoms with E-state index in [2.05, 4.69) is 23.8 Å². The molecule has 0 aliphatic heterocycles. The Balaban J connectivity index is 2.54. The lowest BCUT2D eigenvalue weighted by molar-refractivity contribution is 0.568. The molecule has 3 nitrogen and oxygen atoms in total. The highest BCUT2D eigenvalue weighted by Crippen LogP contribution is 2.19. The van der Waals surface area contributed by atoms with Crippen LogP contribution in [-0.2, 0) is 0 Å². The predicted molar refractivity (Wildman–Crippen MR) is 61.2 cm³/mol. The Labute approximate surface area is 93.2 Å². The standard InChI is InChI=1S/C11H12N2OS/c1-7(2)11-12-9(5-10(15)13-11)8-3-4-14-6-8/h3-7H,1-2H3,(H,12,13,15). The third-order valence-electron chi connectivity index (χ3n) is 2.14. The van der Waals surface area contributed by atoms with E-state index in [0.29, 0.717) is 10.6 Å². The van der Waals surface area contributed by atoms with Crippen LogP contribution in [-0.4, -0.2) is 9.97 Å². The molecule has 0 amide bonds. The average Bonchev–Trinajstić information content (AvgIpc) is 2.69. The van der Waals surface area contributed by atoms with Gasteiger partial charge in [0.1, 0.15) is 10.5 Å². The molecule has 0 aliphatic rings. The molecule has 78 valence electrons. The molecule has 0 fully saturated rings. The Morgan fingerprint density at radius 3 is 2.87 bits per heavy atom. The summed E-state index contributed by atoms with van der Waals surface area (Å²) < 4.78 is 5.64. The number of hydrogen-bond donors (Lipinski definition) is 1. The molecule has 0 radical (unpaired) electrons. The molecule has 15 heavy (non-hydrogen) atoms. The number of aromatic amines is 1. The number of nitrogens with zero attached hydrogens (tertiary/aromatic N) is 1. The minimum Gasteiger partial charge on any atom is -0.472 e. The van der Waals surface area contributed by atoms with Gasteiger partial charge in [-0.25, -0.2) is 4.98 Å². The summed E-state index contributed by atoms with van der Waals surface area (Å²) in [6.45, 7) is 4.15. The van der Waals surface area contributed by atoms with E-state index >= 15 is 0 Å². The van der Waals surface area contributed by atoms with Crippen LogP contribution in [0.25, 0.3) is 11.3 Å². The van der Waals surface area contributed by atoms with E-state index in [1.54, 1.807) is 12.5 Å². The fourth-order valence-electron chi connectivity index (χ4n) is 1.32. The number of rotatable bonds is 2. The maximum absolute atomic E-state index is 5.12. The highest BCUT2D eigenvalue weighted by Gasteiger charge is 2.05. The van der Waals surface area contributed by atoms with Gasteiger partial charge in [-0.15, -0.1) is 0 Å². The lowest BCUT2D eigenvalue weighted by Gasteiger charge is -2.06. The topological polar surface area (TPSA) is 41.8 Å². The van der Waals surface area contributed by atoms with Crippen molar-refractivity contribution in [3.05, 3.63) is 35.1 Å². The van der Waals surface area contributed by atoms with E-state index in [0.717, 1.165) is 17.1 Å². The van der Waals surface area contributed by atoms with Crippen molar-refractivity contribution in [3.8, 4) is 11.3 Å². The Morgan fingerprint density at radius 1 is 1.47 bits per heavy atom. The van der Waals surface area contributed by atoms with Crippen molar-refractivity contribution in [2.75, 3.05) is 0 Å². The summed E-state index contributed by atoms with van der Waals surface area (Å²) in [5.41, 5.74) is 1.94. The van der Waals surface area contributed by atoms with E-state index in [4.69, 9.17) is 16.6 Å². The van der Waals surface area contributed by atoms with Crippen LogP contribution in [0.1, 0.15) is 25.6 Å². The van der Waals surface area contributed by atoms with E-state index in [1.807, 2.05) is 12.1 Å². The van der Waals surface area contributed by atoms with Crippen molar-refractivity contribution in [2.24, 2.45) is 0 Å². The minimum absolute atomic E-state index is 0.332.